The highest BCUT2D eigenvalue weighted by atomic mass is 16.5. The quantitative estimate of drug-likeness (QED) is 0.334. The van der Waals surface area contributed by atoms with Crippen LogP contribution in [0.5, 0.6) is 0 Å². The first kappa shape index (κ1) is 23.9. The summed E-state index contributed by atoms with van der Waals surface area (Å²) in [5, 5.41) is 9.18. The molecule has 0 aromatic heterocycles. The average molecular weight is 358 g/mol. The van der Waals surface area contributed by atoms with Crippen molar-refractivity contribution in [3.05, 3.63) is 0 Å². The molecule has 148 valence electrons. The van der Waals surface area contributed by atoms with E-state index in [4.69, 9.17) is 4.74 Å². The normalized spacial score (nSPS) is 12.0. The van der Waals surface area contributed by atoms with Crippen LogP contribution >= 0.6 is 0 Å². The number of nitrogens with zero attached hydrogens (tertiary/aromatic N) is 1. The number of carbonyl (C=O) groups is 2. The summed E-state index contributed by atoms with van der Waals surface area (Å²) >= 11 is 0. The van der Waals surface area contributed by atoms with Crippen molar-refractivity contribution >= 4 is 11.9 Å². The fourth-order valence-corrected chi connectivity index (χ4v) is 3.08. The van der Waals surface area contributed by atoms with Gasteiger partial charge in [-0.05, 0) is 12.8 Å². The number of ether oxygens (including phenoxy) is 1. The van der Waals surface area contributed by atoms with Crippen LogP contribution in [0.15, 0.2) is 0 Å². The maximum Gasteiger partial charge on any atom is 0.328 e. The average Bonchev–Trinajstić information content (AvgIpc) is 2.62. The van der Waals surface area contributed by atoms with E-state index >= 15 is 0 Å². The van der Waals surface area contributed by atoms with Crippen LogP contribution in [-0.4, -0.2) is 48.2 Å². The number of esters is 1. The van der Waals surface area contributed by atoms with Crippen LogP contribution in [-0.2, 0) is 14.3 Å². The smallest absolute Gasteiger partial charge is 0.328 e. The minimum Gasteiger partial charge on any atom is -0.467 e. The molecular formula is C20H39NO4. The summed E-state index contributed by atoms with van der Waals surface area (Å²) in [6.45, 7) is 4.59. The van der Waals surface area contributed by atoms with E-state index < -0.39 is 12.0 Å². The summed E-state index contributed by atoms with van der Waals surface area (Å²) in [5.74, 6) is -0.448. The largest absolute Gasteiger partial charge is 0.467 e. The van der Waals surface area contributed by atoms with Crippen molar-refractivity contribution in [2.75, 3.05) is 20.3 Å². The Bertz CT molecular complexity index is 347. The molecule has 0 aliphatic rings. The maximum atomic E-state index is 12.5. The maximum absolute atomic E-state index is 12.5. The minimum absolute atomic E-state index is 0.00588. The molecule has 1 atom stereocenters. The van der Waals surface area contributed by atoms with Gasteiger partial charge in [0.1, 0.15) is 6.04 Å². The Morgan fingerprint density at radius 2 is 1.48 bits per heavy atom. The number of hydrogen-bond acceptors (Lipinski definition) is 4. The van der Waals surface area contributed by atoms with E-state index in [2.05, 4.69) is 6.92 Å². The van der Waals surface area contributed by atoms with Crippen LogP contribution in [0.3, 0.4) is 0 Å². The van der Waals surface area contributed by atoms with Gasteiger partial charge in [0.05, 0.1) is 7.11 Å². The summed E-state index contributed by atoms with van der Waals surface area (Å²) in [6.07, 6.45) is 12.4. The van der Waals surface area contributed by atoms with Gasteiger partial charge in [0.2, 0.25) is 5.91 Å². The molecule has 5 nitrogen and oxygen atoms in total. The van der Waals surface area contributed by atoms with Crippen LogP contribution in [0.4, 0.5) is 0 Å². The molecule has 1 amide bonds. The van der Waals surface area contributed by atoms with Gasteiger partial charge in [0, 0.05) is 26.0 Å². The van der Waals surface area contributed by atoms with Crippen molar-refractivity contribution < 1.29 is 19.4 Å². The Kier molecular flexibility index (Phi) is 15.7. The molecule has 0 rings (SSSR count). The van der Waals surface area contributed by atoms with Gasteiger partial charge in [-0.2, -0.15) is 0 Å². The zero-order valence-corrected chi connectivity index (χ0v) is 16.6. The molecule has 5 heteroatoms. The predicted molar refractivity (Wildman–Crippen MR) is 101 cm³/mol. The number of hydrogen-bond donors (Lipinski definition) is 1. The standard InChI is InChI=1S/C20H39NO4/c1-4-6-7-8-9-10-11-12-13-14-19(23)21(16-5-2)18(15-17-22)20(24)25-3/h18,22H,4-17H2,1-3H3. The molecule has 1 N–H and O–H groups in total. The fraction of sp³-hybridized carbons (Fsp3) is 0.900. The SMILES string of the molecule is CCCCCCCCCCCC(=O)N(CCC)C(CCO)C(=O)OC. The van der Waals surface area contributed by atoms with Gasteiger partial charge in [-0.15, -0.1) is 0 Å². The Labute approximate surface area is 154 Å². The Hall–Kier alpha value is -1.10. The summed E-state index contributed by atoms with van der Waals surface area (Å²) in [4.78, 5) is 26.0. The van der Waals surface area contributed by atoms with Crippen molar-refractivity contribution in [2.45, 2.75) is 96.9 Å². The third-order valence-electron chi connectivity index (χ3n) is 4.53. The zero-order valence-electron chi connectivity index (χ0n) is 16.6. The monoisotopic (exact) mass is 357 g/mol. The molecule has 0 aromatic carbocycles. The lowest BCUT2D eigenvalue weighted by Gasteiger charge is -2.29. The Balaban J connectivity index is 4.17. The van der Waals surface area contributed by atoms with Crippen molar-refractivity contribution in [1.29, 1.82) is 0 Å². The first-order valence-corrected chi connectivity index (χ1v) is 10.1. The highest BCUT2D eigenvalue weighted by Gasteiger charge is 2.29. The summed E-state index contributed by atoms with van der Waals surface area (Å²) in [6, 6.07) is -0.666. The van der Waals surface area contributed by atoms with E-state index in [-0.39, 0.29) is 18.9 Å². The van der Waals surface area contributed by atoms with Gasteiger partial charge < -0.3 is 14.7 Å². The molecule has 0 spiro atoms. The lowest BCUT2D eigenvalue weighted by molar-refractivity contribution is -0.153. The molecule has 0 bridgehead atoms. The van der Waals surface area contributed by atoms with Gasteiger partial charge in [0.25, 0.3) is 0 Å². The van der Waals surface area contributed by atoms with E-state index in [9.17, 15) is 14.7 Å². The van der Waals surface area contributed by atoms with E-state index in [1.165, 1.54) is 52.1 Å². The zero-order chi connectivity index (χ0) is 18.9. The topological polar surface area (TPSA) is 66.8 Å². The van der Waals surface area contributed by atoms with E-state index in [0.29, 0.717) is 13.0 Å². The van der Waals surface area contributed by atoms with Gasteiger partial charge in [-0.3, -0.25) is 4.79 Å². The molecule has 0 saturated heterocycles. The van der Waals surface area contributed by atoms with Gasteiger partial charge >= 0.3 is 5.97 Å². The molecule has 25 heavy (non-hydrogen) atoms. The molecule has 0 aliphatic carbocycles. The Morgan fingerprint density at radius 1 is 0.920 bits per heavy atom. The number of methoxy groups -OCH3 is 1. The third kappa shape index (κ3) is 11.2. The van der Waals surface area contributed by atoms with Gasteiger partial charge in [0.15, 0.2) is 0 Å². The highest BCUT2D eigenvalue weighted by Crippen LogP contribution is 2.14. The lowest BCUT2D eigenvalue weighted by atomic mass is 10.1. The summed E-state index contributed by atoms with van der Waals surface area (Å²) in [7, 11) is 1.32. The lowest BCUT2D eigenvalue weighted by Crippen LogP contribution is -2.46. The van der Waals surface area contributed by atoms with Crippen LogP contribution < -0.4 is 0 Å². The summed E-state index contributed by atoms with van der Waals surface area (Å²) in [5.41, 5.74) is 0. The van der Waals surface area contributed by atoms with Crippen LogP contribution in [0.2, 0.25) is 0 Å². The van der Waals surface area contributed by atoms with E-state index in [0.717, 1.165) is 19.3 Å². The minimum atomic E-state index is -0.666. The number of carbonyl (C=O) groups excluding carboxylic acids is 2. The fourth-order valence-electron chi connectivity index (χ4n) is 3.08. The van der Waals surface area contributed by atoms with Crippen LogP contribution in [0.1, 0.15) is 90.9 Å². The first-order valence-electron chi connectivity index (χ1n) is 10.1. The molecular weight excluding hydrogens is 318 g/mol. The number of amides is 1. The van der Waals surface area contributed by atoms with Crippen LogP contribution in [0.25, 0.3) is 0 Å². The van der Waals surface area contributed by atoms with Crippen molar-refractivity contribution in [3.63, 3.8) is 0 Å². The van der Waals surface area contributed by atoms with Crippen molar-refractivity contribution in [2.24, 2.45) is 0 Å². The second-order valence-electron chi connectivity index (χ2n) is 6.72. The molecule has 0 saturated carbocycles. The molecule has 1 unspecified atom stereocenters. The number of unbranched alkanes of at least 4 members (excludes halogenated alkanes) is 8. The van der Waals surface area contributed by atoms with Crippen molar-refractivity contribution in [3.8, 4) is 0 Å². The van der Waals surface area contributed by atoms with E-state index in [1.807, 2.05) is 6.92 Å². The first-order chi connectivity index (χ1) is 12.1. The number of rotatable bonds is 16. The van der Waals surface area contributed by atoms with Gasteiger partial charge in [-0.1, -0.05) is 65.2 Å². The van der Waals surface area contributed by atoms with Crippen LogP contribution in [0, 0.1) is 0 Å². The van der Waals surface area contributed by atoms with Gasteiger partial charge in [-0.25, -0.2) is 4.79 Å². The molecule has 0 heterocycles. The predicted octanol–water partition coefficient (Wildman–Crippen LogP) is 4.07. The molecule has 0 fully saturated rings. The molecule has 0 aliphatic heterocycles. The molecule has 0 aromatic rings. The van der Waals surface area contributed by atoms with E-state index in [1.54, 1.807) is 4.90 Å². The van der Waals surface area contributed by atoms with Crippen molar-refractivity contribution in [1.82, 2.24) is 4.90 Å². The number of aliphatic hydroxyl groups excluding tert-OH is 1. The molecule has 0 radical (unpaired) electrons. The number of aliphatic hydroxyl groups is 1. The Morgan fingerprint density at radius 3 is 1.96 bits per heavy atom. The third-order valence-corrected chi connectivity index (χ3v) is 4.53. The summed E-state index contributed by atoms with van der Waals surface area (Å²) < 4.78 is 4.80. The second-order valence-corrected chi connectivity index (χ2v) is 6.72. The highest BCUT2D eigenvalue weighted by molar-refractivity contribution is 5.84. The second kappa shape index (κ2) is 16.4.